The fourth-order valence-electron chi connectivity index (χ4n) is 0.745. The van der Waals surface area contributed by atoms with Gasteiger partial charge < -0.3 is 5.32 Å². The van der Waals surface area contributed by atoms with E-state index >= 15 is 0 Å². The van der Waals surface area contributed by atoms with Gasteiger partial charge in [0.1, 0.15) is 5.69 Å². The third-order valence-corrected chi connectivity index (χ3v) is 1.33. The second-order valence-corrected chi connectivity index (χ2v) is 2.35. The first kappa shape index (κ1) is 8.64. The van der Waals surface area contributed by atoms with E-state index in [-0.39, 0.29) is 5.91 Å². The van der Waals surface area contributed by atoms with Gasteiger partial charge in [0.2, 0.25) is 0 Å². The average Bonchev–Trinajstić information content (AvgIpc) is 2.15. The van der Waals surface area contributed by atoms with Crippen molar-refractivity contribution in [1.29, 1.82) is 0 Å². The van der Waals surface area contributed by atoms with Crippen molar-refractivity contribution in [3.8, 4) is 0 Å². The fraction of sp³-hybridized carbons (Fsp3) is 0.375. The molecule has 1 amide bonds. The van der Waals surface area contributed by atoms with Gasteiger partial charge in [-0.15, -0.1) is 0 Å². The molecule has 0 aromatic carbocycles. The van der Waals surface area contributed by atoms with E-state index < -0.39 is 0 Å². The van der Waals surface area contributed by atoms with Crippen molar-refractivity contribution in [2.24, 2.45) is 0 Å². The number of hydrogen-bond donors (Lipinski definition) is 1. The molecule has 0 saturated heterocycles. The molecule has 0 atom stereocenters. The van der Waals surface area contributed by atoms with Crippen LogP contribution in [0.25, 0.3) is 0 Å². The number of carbonyl (C=O) groups is 1. The van der Waals surface area contributed by atoms with Gasteiger partial charge in [0.05, 0.1) is 6.20 Å². The first-order chi connectivity index (χ1) is 5.84. The number of carbonyl (C=O) groups excluding carboxylic acids is 1. The Morgan fingerprint density at radius 2 is 2.42 bits per heavy atom. The molecule has 0 saturated carbocycles. The molecule has 0 fully saturated rings. The van der Waals surface area contributed by atoms with Crippen LogP contribution in [0, 0.1) is 0 Å². The van der Waals surface area contributed by atoms with Crippen LogP contribution in [0.15, 0.2) is 18.6 Å². The maximum Gasteiger partial charge on any atom is 0.271 e. The first-order valence-corrected chi connectivity index (χ1v) is 3.88. The monoisotopic (exact) mass is 165 g/mol. The third-order valence-electron chi connectivity index (χ3n) is 1.33. The minimum Gasteiger partial charge on any atom is -0.351 e. The Kier molecular flexibility index (Phi) is 3.19. The maximum atomic E-state index is 11.2. The predicted octanol–water partition coefficient (Wildman–Crippen LogP) is 0.616. The van der Waals surface area contributed by atoms with E-state index in [1.807, 2.05) is 6.92 Å². The lowest BCUT2D eigenvalue weighted by Gasteiger charge is -2.00. The van der Waals surface area contributed by atoms with Crippen LogP contribution in [0.5, 0.6) is 0 Å². The molecule has 0 radical (unpaired) electrons. The molecule has 0 spiro atoms. The van der Waals surface area contributed by atoms with Crippen molar-refractivity contribution in [2.45, 2.75) is 13.3 Å². The quantitative estimate of drug-likeness (QED) is 0.714. The number of nitrogens with zero attached hydrogens (tertiary/aromatic N) is 2. The lowest BCUT2D eigenvalue weighted by molar-refractivity contribution is 0.0948. The molecule has 0 aliphatic carbocycles. The number of hydrogen-bond acceptors (Lipinski definition) is 3. The Balaban J connectivity index is 2.54. The Labute approximate surface area is 71.0 Å². The van der Waals surface area contributed by atoms with E-state index in [9.17, 15) is 4.79 Å². The van der Waals surface area contributed by atoms with E-state index in [0.29, 0.717) is 12.2 Å². The molecule has 0 bridgehead atoms. The molecule has 1 aromatic rings. The number of nitrogens with one attached hydrogen (secondary N) is 1. The molecule has 1 N–H and O–H groups in total. The third kappa shape index (κ3) is 2.30. The van der Waals surface area contributed by atoms with Crippen LogP contribution in [-0.4, -0.2) is 22.4 Å². The van der Waals surface area contributed by atoms with Crippen LogP contribution >= 0.6 is 0 Å². The predicted molar refractivity (Wildman–Crippen MR) is 44.7 cm³/mol. The van der Waals surface area contributed by atoms with Crippen LogP contribution < -0.4 is 5.32 Å². The summed E-state index contributed by atoms with van der Waals surface area (Å²) in [6, 6.07) is 0. The highest BCUT2D eigenvalue weighted by atomic mass is 16.1. The second-order valence-electron chi connectivity index (χ2n) is 2.35. The van der Waals surface area contributed by atoms with Crippen molar-refractivity contribution >= 4 is 5.91 Å². The molecule has 0 unspecified atom stereocenters. The highest BCUT2D eigenvalue weighted by Crippen LogP contribution is 1.88. The average molecular weight is 165 g/mol. The molecule has 4 heteroatoms. The van der Waals surface area contributed by atoms with Crippen LogP contribution in [-0.2, 0) is 0 Å². The number of aromatic nitrogens is 2. The zero-order valence-corrected chi connectivity index (χ0v) is 6.95. The van der Waals surface area contributed by atoms with Gasteiger partial charge in [0, 0.05) is 18.9 Å². The molecular formula is C8H11N3O. The highest BCUT2D eigenvalue weighted by molar-refractivity contribution is 5.91. The zero-order chi connectivity index (χ0) is 8.81. The topological polar surface area (TPSA) is 54.9 Å². The van der Waals surface area contributed by atoms with Crippen LogP contribution in [0.2, 0.25) is 0 Å². The highest BCUT2D eigenvalue weighted by Gasteiger charge is 2.03. The Hall–Kier alpha value is -1.45. The van der Waals surface area contributed by atoms with E-state index in [4.69, 9.17) is 0 Å². The molecule has 0 aliphatic rings. The van der Waals surface area contributed by atoms with Crippen molar-refractivity contribution < 1.29 is 4.79 Å². The fourth-order valence-corrected chi connectivity index (χ4v) is 0.745. The van der Waals surface area contributed by atoms with E-state index in [2.05, 4.69) is 15.3 Å². The molecule has 1 heterocycles. The van der Waals surface area contributed by atoms with Gasteiger partial charge in [-0.05, 0) is 6.42 Å². The molecule has 1 aromatic heterocycles. The summed E-state index contributed by atoms with van der Waals surface area (Å²) in [4.78, 5) is 18.8. The van der Waals surface area contributed by atoms with Gasteiger partial charge in [-0.3, -0.25) is 9.78 Å². The SMILES string of the molecule is CCCNC(=O)c1cnccn1. The smallest absolute Gasteiger partial charge is 0.271 e. The van der Waals surface area contributed by atoms with Gasteiger partial charge in [0.15, 0.2) is 0 Å². The summed E-state index contributed by atoms with van der Waals surface area (Å²) in [5, 5.41) is 2.71. The summed E-state index contributed by atoms with van der Waals surface area (Å²) in [6.07, 6.45) is 5.41. The Morgan fingerprint density at radius 1 is 1.58 bits per heavy atom. The van der Waals surface area contributed by atoms with Crippen LogP contribution in [0.4, 0.5) is 0 Å². The van der Waals surface area contributed by atoms with Gasteiger partial charge in [0.25, 0.3) is 5.91 Å². The van der Waals surface area contributed by atoms with Gasteiger partial charge >= 0.3 is 0 Å². The largest absolute Gasteiger partial charge is 0.351 e. The van der Waals surface area contributed by atoms with Crippen molar-refractivity contribution in [3.05, 3.63) is 24.3 Å². The lowest BCUT2D eigenvalue weighted by atomic mass is 10.4. The summed E-state index contributed by atoms with van der Waals surface area (Å²) in [7, 11) is 0. The summed E-state index contributed by atoms with van der Waals surface area (Å²) in [6.45, 7) is 2.67. The summed E-state index contributed by atoms with van der Waals surface area (Å²) < 4.78 is 0. The van der Waals surface area contributed by atoms with Crippen LogP contribution in [0.3, 0.4) is 0 Å². The molecule has 64 valence electrons. The van der Waals surface area contributed by atoms with E-state index in [0.717, 1.165) is 6.42 Å². The minimum absolute atomic E-state index is 0.162. The number of rotatable bonds is 3. The Bertz CT molecular complexity index is 248. The van der Waals surface area contributed by atoms with Crippen LogP contribution in [0.1, 0.15) is 23.8 Å². The zero-order valence-electron chi connectivity index (χ0n) is 6.95. The molecule has 4 nitrogen and oxygen atoms in total. The molecular weight excluding hydrogens is 154 g/mol. The van der Waals surface area contributed by atoms with Gasteiger partial charge in [-0.1, -0.05) is 6.92 Å². The van der Waals surface area contributed by atoms with Crippen molar-refractivity contribution in [3.63, 3.8) is 0 Å². The first-order valence-electron chi connectivity index (χ1n) is 3.88. The minimum atomic E-state index is -0.162. The Morgan fingerprint density at radius 3 is 3.00 bits per heavy atom. The van der Waals surface area contributed by atoms with Crippen molar-refractivity contribution in [2.75, 3.05) is 6.54 Å². The van der Waals surface area contributed by atoms with Gasteiger partial charge in [-0.2, -0.15) is 0 Å². The maximum absolute atomic E-state index is 11.2. The summed E-state index contributed by atoms with van der Waals surface area (Å²) in [5.41, 5.74) is 0.367. The molecule has 0 aliphatic heterocycles. The summed E-state index contributed by atoms with van der Waals surface area (Å²) in [5.74, 6) is -0.162. The van der Waals surface area contributed by atoms with E-state index in [1.165, 1.54) is 18.6 Å². The number of amides is 1. The second kappa shape index (κ2) is 4.43. The normalized spacial score (nSPS) is 9.42. The summed E-state index contributed by atoms with van der Waals surface area (Å²) >= 11 is 0. The molecule has 12 heavy (non-hydrogen) atoms. The van der Waals surface area contributed by atoms with E-state index in [1.54, 1.807) is 0 Å². The standard InChI is InChI=1S/C8H11N3O/c1-2-3-11-8(12)7-6-9-4-5-10-7/h4-6H,2-3H2,1H3,(H,11,12). The molecule has 1 rings (SSSR count). The van der Waals surface area contributed by atoms with Gasteiger partial charge in [-0.25, -0.2) is 4.98 Å². The van der Waals surface area contributed by atoms with Crippen molar-refractivity contribution in [1.82, 2.24) is 15.3 Å². The lowest BCUT2D eigenvalue weighted by Crippen LogP contribution is -2.24.